The van der Waals surface area contributed by atoms with Crippen molar-refractivity contribution < 1.29 is 9.53 Å². The fourth-order valence-corrected chi connectivity index (χ4v) is 4.15. The van der Waals surface area contributed by atoms with Crippen molar-refractivity contribution in [3.8, 4) is 0 Å². The van der Waals surface area contributed by atoms with Crippen LogP contribution in [0.1, 0.15) is 33.1 Å². The zero-order valence-electron chi connectivity index (χ0n) is 16.7. The number of amides is 1. The van der Waals surface area contributed by atoms with Gasteiger partial charge in [-0.25, -0.2) is 0 Å². The first kappa shape index (κ1) is 19.6. The van der Waals surface area contributed by atoms with E-state index in [1.54, 1.807) is 7.11 Å². The van der Waals surface area contributed by atoms with E-state index in [0.29, 0.717) is 12.5 Å². The number of piperidine rings is 1. The van der Waals surface area contributed by atoms with Gasteiger partial charge in [0.1, 0.15) is 5.72 Å². The van der Waals surface area contributed by atoms with Crippen LogP contribution in [0.15, 0.2) is 54.9 Å². The van der Waals surface area contributed by atoms with Crippen molar-refractivity contribution in [1.82, 2.24) is 9.47 Å². The van der Waals surface area contributed by atoms with Crippen LogP contribution in [0.2, 0.25) is 0 Å². The fourth-order valence-electron chi connectivity index (χ4n) is 4.15. The molecule has 0 bridgehead atoms. The lowest BCUT2D eigenvalue weighted by Crippen LogP contribution is -2.61. The van der Waals surface area contributed by atoms with E-state index < -0.39 is 5.72 Å². The molecule has 1 aliphatic rings. The molecule has 2 heterocycles. The molecular weight excluding hydrogens is 338 g/mol. The topological polar surface area (TPSA) is 37.7 Å². The number of methoxy groups -OCH3 is 1. The summed E-state index contributed by atoms with van der Waals surface area (Å²) in [6, 6.07) is 14.4. The van der Waals surface area contributed by atoms with Crippen molar-refractivity contribution in [2.75, 3.05) is 25.1 Å². The summed E-state index contributed by atoms with van der Waals surface area (Å²) in [6.45, 7) is 7.05. The Labute approximate surface area is 162 Å². The van der Waals surface area contributed by atoms with Gasteiger partial charge in [0, 0.05) is 70.1 Å². The average molecular weight is 370 g/mol. The van der Waals surface area contributed by atoms with E-state index in [1.807, 2.05) is 42.2 Å². The Kier molecular flexibility index (Phi) is 6.34. The van der Waals surface area contributed by atoms with E-state index in [0.717, 1.165) is 38.2 Å². The highest BCUT2D eigenvalue weighted by Gasteiger charge is 2.45. The molecule has 3 rings (SSSR count). The molecule has 5 heteroatoms. The van der Waals surface area contributed by atoms with Gasteiger partial charge in [0.15, 0.2) is 0 Å². The normalized spacial score (nSPS) is 23.3. The minimum absolute atomic E-state index is 0.107. The molecule has 1 saturated heterocycles. The number of likely N-dealkylation sites (tertiary alicyclic amines) is 1. The van der Waals surface area contributed by atoms with Crippen molar-refractivity contribution in [2.45, 2.75) is 51.4 Å². The lowest BCUT2D eigenvalue weighted by molar-refractivity contribution is -0.129. The highest BCUT2D eigenvalue weighted by atomic mass is 16.5. The Morgan fingerprint density at radius 1 is 1.19 bits per heavy atom. The fraction of sp³-hybridized carbons (Fsp3) is 0.500. The van der Waals surface area contributed by atoms with Gasteiger partial charge in [-0.05, 0) is 31.2 Å². The Morgan fingerprint density at radius 3 is 2.48 bits per heavy atom. The van der Waals surface area contributed by atoms with Crippen LogP contribution >= 0.6 is 0 Å². The predicted molar refractivity (Wildman–Crippen MR) is 109 cm³/mol. The van der Waals surface area contributed by atoms with Gasteiger partial charge < -0.3 is 9.30 Å². The first-order valence-electron chi connectivity index (χ1n) is 9.87. The molecular formula is C22H31N3O2. The summed E-state index contributed by atoms with van der Waals surface area (Å²) >= 11 is 0. The molecule has 1 aromatic carbocycles. The third kappa shape index (κ3) is 4.25. The number of anilines is 1. The van der Waals surface area contributed by atoms with E-state index in [9.17, 15) is 4.79 Å². The highest BCUT2D eigenvalue weighted by Crippen LogP contribution is 2.37. The van der Waals surface area contributed by atoms with Crippen LogP contribution in [-0.4, -0.2) is 47.3 Å². The quantitative estimate of drug-likeness (QED) is 0.698. The number of rotatable bonds is 7. The van der Waals surface area contributed by atoms with E-state index in [-0.39, 0.29) is 5.91 Å². The number of hydrogen-bond acceptors (Lipinski definition) is 3. The molecule has 2 unspecified atom stereocenters. The number of benzene rings is 1. The monoisotopic (exact) mass is 369 g/mol. The summed E-state index contributed by atoms with van der Waals surface area (Å²) in [6.07, 6.45) is 6.28. The van der Waals surface area contributed by atoms with E-state index in [4.69, 9.17) is 4.74 Å². The van der Waals surface area contributed by atoms with Crippen LogP contribution in [0, 0.1) is 0 Å². The van der Waals surface area contributed by atoms with Gasteiger partial charge in [-0.15, -0.1) is 0 Å². The second-order valence-electron chi connectivity index (χ2n) is 7.33. The summed E-state index contributed by atoms with van der Waals surface area (Å²) in [5, 5.41) is 0. The molecule has 0 N–H and O–H groups in total. The van der Waals surface area contributed by atoms with Crippen molar-refractivity contribution in [3.63, 3.8) is 0 Å². The molecule has 0 spiro atoms. The maximum absolute atomic E-state index is 12.9. The lowest BCUT2D eigenvalue weighted by atomic mass is 9.91. The van der Waals surface area contributed by atoms with Crippen molar-refractivity contribution in [2.24, 2.45) is 0 Å². The minimum Gasteiger partial charge on any atom is -0.358 e. The predicted octanol–water partition coefficient (Wildman–Crippen LogP) is 3.76. The molecule has 2 atom stereocenters. The molecule has 5 nitrogen and oxygen atoms in total. The Balaban J connectivity index is 1.77. The first-order chi connectivity index (χ1) is 13.1. The van der Waals surface area contributed by atoms with Crippen LogP contribution in [0.4, 0.5) is 5.69 Å². The lowest BCUT2D eigenvalue weighted by Gasteiger charge is -2.50. The van der Waals surface area contributed by atoms with E-state index in [2.05, 4.69) is 40.9 Å². The largest absolute Gasteiger partial charge is 0.358 e. The molecule has 0 saturated carbocycles. The van der Waals surface area contributed by atoms with Gasteiger partial charge in [-0.2, -0.15) is 0 Å². The summed E-state index contributed by atoms with van der Waals surface area (Å²) < 4.78 is 8.27. The smallest absolute Gasteiger partial charge is 0.229 e. The van der Waals surface area contributed by atoms with Crippen molar-refractivity contribution in [1.29, 1.82) is 0 Å². The maximum atomic E-state index is 12.9. The Morgan fingerprint density at radius 2 is 1.89 bits per heavy atom. The number of carbonyl (C=O) groups excluding carboxylic acids is 1. The van der Waals surface area contributed by atoms with E-state index in [1.165, 1.54) is 0 Å². The van der Waals surface area contributed by atoms with Gasteiger partial charge >= 0.3 is 0 Å². The van der Waals surface area contributed by atoms with Gasteiger partial charge in [-0.1, -0.05) is 25.1 Å². The van der Waals surface area contributed by atoms with Crippen molar-refractivity contribution >= 4 is 11.6 Å². The highest BCUT2D eigenvalue weighted by molar-refractivity contribution is 5.94. The van der Waals surface area contributed by atoms with Gasteiger partial charge in [0.2, 0.25) is 5.91 Å². The van der Waals surface area contributed by atoms with Crippen LogP contribution in [0.5, 0.6) is 0 Å². The van der Waals surface area contributed by atoms with Gasteiger partial charge in [0.05, 0.1) is 0 Å². The minimum atomic E-state index is -0.586. The molecule has 146 valence electrons. The molecule has 0 aliphatic carbocycles. The third-order valence-electron chi connectivity index (χ3n) is 5.69. The number of ether oxygens (including phenoxy) is 1. The molecule has 1 aromatic heterocycles. The molecule has 1 amide bonds. The zero-order chi connectivity index (χ0) is 19.3. The average Bonchev–Trinajstić information content (AvgIpc) is 3.21. The SMILES string of the molecule is CCC(=O)N(c1ccccc1)C1(OC)CCN(CCn2cccc2)C(C)C1. The first-order valence-corrected chi connectivity index (χ1v) is 9.87. The number of aromatic nitrogens is 1. The second-order valence-corrected chi connectivity index (χ2v) is 7.33. The Bertz CT molecular complexity index is 716. The summed E-state index contributed by atoms with van der Waals surface area (Å²) in [7, 11) is 1.74. The van der Waals surface area contributed by atoms with Crippen LogP contribution in [-0.2, 0) is 16.1 Å². The standard InChI is InChI=1S/C22H31N3O2/c1-4-21(26)25(20-10-6-5-7-11-20)22(27-3)12-15-24(19(2)18-22)17-16-23-13-8-9-14-23/h5-11,13-14,19H,4,12,15-18H2,1-3H3. The molecule has 0 radical (unpaired) electrons. The number of hydrogen-bond donors (Lipinski definition) is 0. The van der Waals surface area contributed by atoms with Crippen LogP contribution < -0.4 is 4.90 Å². The summed E-state index contributed by atoms with van der Waals surface area (Å²) in [5.41, 5.74) is 0.330. The van der Waals surface area contributed by atoms with Crippen LogP contribution in [0.25, 0.3) is 0 Å². The molecule has 1 fully saturated rings. The Hall–Kier alpha value is -2.11. The van der Waals surface area contributed by atoms with Crippen molar-refractivity contribution in [3.05, 3.63) is 54.9 Å². The summed E-state index contributed by atoms with van der Waals surface area (Å²) in [4.78, 5) is 17.3. The number of nitrogens with zero attached hydrogens (tertiary/aromatic N) is 3. The maximum Gasteiger partial charge on any atom is 0.229 e. The second kappa shape index (κ2) is 8.72. The summed E-state index contributed by atoms with van der Waals surface area (Å²) in [5.74, 6) is 0.107. The molecule has 1 aliphatic heterocycles. The van der Waals surface area contributed by atoms with Gasteiger partial charge in [0.25, 0.3) is 0 Å². The van der Waals surface area contributed by atoms with Crippen LogP contribution in [0.3, 0.4) is 0 Å². The third-order valence-corrected chi connectivity index (χ3v) is 5.69. The number of para-hydroxylation sites is 1. The zero-order valence-corrected chi connectivity index (χ0v) is 16.7. The molecule has 27 heavy (non-hydrogen) atoms. The van der Waals surface area contributed by atoms with E-state index >= 15 is 0 Å². The van der Waals surface area contributed by atoms with Gasteiger partial charge in [-0.3, -0.25) is 14.6 Å². The molecule has 2 aromatic rings. The number of carbonyl (C=O) groups is 1.